The van der Waals surface area contributed by atoms with Crippen LogP contribution in [0.4, 0.5) is 4.39 Å². The van der Waals surface area contributed by atoms with E-state index >= 15 is 0 Å². The first-order valence-corrected chi connectivity index (χ1v) is 4.58. The van der Waals surface area contributed by atoms with Crippen molar-refractivity contribution < 1.29 is 9.50 Å². The van der Waals surface area contributed by atoms with Gasteiger partial charge in [-0.3, -0.25) is 0 Å². The summed E-state index contributed by atoms with van der Waals surface area (Å²) in [5, 5.41) is 9.04. The third-order valence-electron chi connectivity index (χ3n) is 2.30. The SMILES string of the molecule is CCCc1c(CO)ccc(F)c1C. The minimum Gasteiger partial charge on any atom is -0.392 e. The van der Waals surface area contributed by atoms with E-state index in [4.69, 9.17) is 5.11 Å². The fourth-order valence-electron chi connectivity index (χ4n) is 1.53. The average Bonchev–Trinajstić information content (AvgIpc) is 2.14. The fourth-order valence-corrected chi connectivity index (χ4v) is 1.53. The molecule has 0 heterocycles. The molecular weight excluding hydrogens is 167 g/mol. The maximum atomic E-state index is 13.1. The van der Waals surface area contributed by atoms with Crippen LogP contribution in [-0.2, 0) is 13.0 Å². The van der Waals surface area contributed by atoms with Gasteiger partial charge in [-0.05, 0) is 36.1 Å². The predicted molar refractivity (Wildman–Crippen MR) is 51.1 cm³/mol. The first-order chi connectivity index (χ1) is 6.20. The van der Waals surface area contributed by atoms with Gasteiger partial charge >= 0.3 is 0 Å². The lowest BCUT2D eigenvalue weighted by atomic mass is 9.98. The van der Waals surface area contributed by atoms with Crippen LogP contribution in [0.1, 0.15) is 30.0 Å². The van der Waals surface area contributed by atoms with Crippen molar-refractivity contribution in [2.45, 2.75) is 33.3 Å². The van der Waals surface area contributed by atoms with Crippen LogP contribution in [0.3, 0.4) is 0 Å². The van der Waals surface area contributed by atoms with E-state index in [1.807, 2.05) is 6.92 Å². The normalized spacial score (nSPS) is 10.5. The number of benzene rings is 1. The first kappa shape index (κ1) is 10.2. The largest absolute Gasteiger partial charge is 0.392 e. The molecule has 0 saturated carbocycles. The molecule has 0 saturated heterocycles. The molecule has 0 aliphatic heterocycles. The highest BCUT2D eigenvalue weighted by atomic mass is 19.1. The third-order valence-corrected chi connectivity index (χ3v) is 2.30. The van der Waals surface area contributed by atoms with Crippen LogP contribution in [0.15, 0.2) is 12.1 Å². The Kier molecular flexibility index (Phi) is 3.43. The zero-order valence-corrected chi connectivity index (χ0v) is 8.10. The van der Waals surface area contributed by atoms with Crippen LogP contribution in [-0.4, -0.2) is 5.11 Å². The van der Waals surface area contributed by atoms with Crippen LogP contribution < -0.4 is 0 Å². The van der Waals surface area contributed by atoms with Crippen LogP contribution in [0, 0.1) is 12.7 Å². The van der Waals surface area contributed by atoms with E-state index in [-0.39, 0.29) is 12.4 Å². The summed E-state index contributed by atoms with van der Waals surface area (Å²) in [5.41, 5.74) is 2.49. The molecule has 0 unspecified atom stereocenters. The van der Waals surface area contributed by atoms with E-state index in [1.54, 1.807) is 13.0 Å². The van der Waals surface area contributed by atoms with E-state index in [9.17, 15) is 4.39 Å². The highest BCUT2D eigenvalue weighted by molar-refractivity contribution is 5.35. The number of aliphatic hydroxyl groups is 1. The van der Waals surface area contributed by atoms with Crippen molar-refractivity contribution in [1.82, 2.24) is 0 Å². The zero-order chi connectivity index (χ0) is 9.84. The lowest BCUT2D eigenvalue weighted by molar-refractivity contribution is 0.280. The maximum Gasteiger partial charge on any atom is 0.126 e. The van der Waals surface area contributed by atoms with Crippen molar-refractivity contribution in [3.63, 3.8) is 0 Å². The van der Waals surface area contributed by atoms with Crippen LogP contribution in [0.2, 0.25) is 0 Å². The molecule has 13 heavy (non-hydrogen) atoms. The summed E-state index contributed by atoms with van der Waals surface area (Å²) in [7, 11) is 0. The highest BCUT2D eigenvalue weighted by Crippen LogP contribution is 2.19. The summed E-state index contributed by atoms with van der Waals surface area (Å²) >= 11 is 0. The van der Waals surface area contributed by atoms with Gasteiger partial charge in [0, 0.05) is 0 Å². The van der Waals surface area contributed by atoms with Crippen molar-refractivity contribution in [3.8, 4) is 0 Å². The molecule has 0 radical (unpaired) electrons. The van der Waals surface area contributed by atoms with Crippen molar-refractivity contribution in [2.75, 3.05) is 0 Å². The van der Waals surface area contributed by atoms with Gasteiger partial charge in [0.2, 0.25) is 0 Å². The van der Waals surface area contributed by atoms with Gasteiger partial charge in [0.15, 0.2) is 0 Å². The number of aliphatic hydroxyl groups excluding tert-OH is 1. The number of hydrogen-bond donors (Lipinski definition) is 1. The quantitative estimate of drug-likeness (QED) is 0.761. The van der Waals surface area contributed by atoms with Crippen LogP contribution in [0.25, 0.3) is 0 Å². The molecule has 0 fully saturated rings. The lowest BCUT2D eigenvalue weighted by Crippen LogP contribution is -1.99. The molecule has 2 heteroatoms. The fraction of sp³-hybridized carbons (Fsp3) is 0.455. The van der Waals surface area contributed by atoms with E-state index in [2.05, 4.69) is 0 Å². The lowest BCUT2D eigenvalue weighted by Gasteiger charge is -2.10. The predicted octanol–water partition coefficient (Wildman–Crippen LogP) is 2.58. The Morgan fingerprint density at radius 3 is 2.62 bits per heavy atom. The third kappa shape index (κ3) is 2.07. The van der Waals surface area contributed by atoms with Crippen molar-refractivity contribution in [1.29, 1.82) is 0 Å². The van der Waals surface area contributed by atoms with Crippen LogP contribution in [0.5, 0.6) is 0 Å². The van der Waals surface area contributed by atoms with E-state index in [1.165, 1.54) is 6.07 Å². The van der Waals surface area contributed by atoms with Gasteiger partial charge in [-0.25, -0.2) is 4.39 Å². The molecule has 1 aromatic rings. The number of rotatable bonds is 3. The monoisotopic (exact) mass is 182 g/mol. The summed E-state index contributed by atoms with van der Waals surface area (Å²) in [6, 6.07) is 3.08. The molecule has 0 aromatic heterocycles. The summed E-state index contributed by atoms with van der Waals surface area (Å²) in [6.07, 6.45) is 1.80. The van der Waals surface area contributed by atoms with Gasteiger partial charge in [-0.2, -0.15) is 0 Å². The Balaban J connectivity index is 3.15. The van der Waals surface area contributed by atoms with E-state index in [0.29, 0.717) is 5.56 Å². The van der Waals surface area contributed by atoms with Crippen molar-refractivity contribution in [3.05, 3.63) is 34.6 Å². The molecule has 0 amide bonds. The van der Waals surface area contributed by atoms with E-state index < -0.39 is 0 Å². The van der Waals surface area contributed by atoms with E-state index in [0.717, 1.165) is 24.0 Å². The van der Waals surface area contributed by atoms with Gasteiger partial charge in [-0.1, -0.05) is 19.4 Å². The van der Waals surface area contributed by atoms with Crippen LogP contribution >= 0.6 is 0 Å². The Hall–Kier alpha value is -0.890. The van der Waals surface area contributed by atoms with Gasteiger partial charge < -0.3 is 5.11 Å². The summed E-state index contributed by atoms with van der Waals surface area (Å²) < 4.78 is 13.1. The molecule has 1 N–H and O–H groups in total. The van der Waals surface area contributed by atoms with Gasteiger partial charge in [0.25, 0.3) is 0 Å². The van der Waals surface area contributed by atoms with Crippen molar-refractivity contribution in [2.24, 2.45) is 0 Å². The molecule has 0 aliphatic carbocycles. The second-order valence-electron chi connectivity index (χ2n) is 3.22. The standard InChI is InChI=1S/C11H15FO/c1-3-4-10-8(2)11(12)6-5-9(10)7-13/h5-6,13H,3-4,7H2,1-2H3. The van der Waals surface area contributed by atoms with Gasteiger partial charge in [0.05, 0.1) is 6.61 Å². The Labute approximate surface area is 78.2 Å². The summed E-state index contributed by atoms with van der Waals surface area (Å²) in [4.78, 5) is 0. The first-order valence-electron chi connectivity index (χ1n) is 4.58. The molecular formula is C11H15FO. The Morgan fingerprint density at radius 1 is 1.38 bits per heavy atom. The number of halogens is 1. The average molecular weight is 182 g/mol. The molecule has 0 bridgehead atoms. The van der Waals surface area contributed by atoms with Crippen molar-refractivity contribution >= 4 is 0 Å². The number of hydrogen-bond acceptors (Lipinski definition) is 1. The Morgan fingerprint density at radius 2 is 2.08 bits per heavy atom. The maximum absolute atomic E-state index is 13.1. The van der Waals surface area contributed by atoms with Gasteiger partial charge in [0.1, 0.15) is 5.82 Å². The molecule has 1 nitrogen and oxygen atoms in total. The highest BCUT2D eigenvalue weighted by Gasteiger charge is 2.07. The van der Waals surface area contributed by atoms with Gasteiger partial charge in [-0.15, -0.1) is 0 Å². The smallest absolute Gasteiger partial charge is 0.126 e. The molecule has 0 aliphatic rings. The summed E-state index contributed by atoms with van der Waals surface area (Å²) in [5.74, 6) is -0.180. The minimum absolute atomic E-state index is 0.00352. The second kappa shape index (κ2) is 4.38. The minimum atomic E-state index is -0.180. The molecule has 1 aromatic carbocycles. The Bertz CT molecular complexity index is 294. The molecule has 0 atom stereocenters. The molecule has 1 rings (SSSR count). The molecule has 72 valence electrons. The summed E-state index contributed by atoms with van der Waals surface area (Å²) in [6.45, 7) is 3.81. The molecule has 0 spiro atoms. The zero-order valence-electron chi connectivity index (χ0n) is 8.10. The topological polar surface area (TPSA) is 20.2 Å². The second-order valence-corrected chi connectivity index (χ2v) is 3.22.